The third-order valence-electron chi connectivity index (χ3n) is 3.64. The van der Waals surface area contributed by atoms with E-state index >= 15 is 0 Å². The molecule has 0 aliphatic rings. The molecule has 0 spiro atoms. The lowest BCUT2D eigenvalue weighted by molar-refractivity contribution is 0.0917. The van der Waals surface area contributed by atoms with Gasteiger partial charge >= 0.3 is 0 Å². The zero-order valence-electron chi connectivity index (χ0n) is 14.3. The minimum atomic E-state index is -0.372. The lowest BCUT2D eigenvalue weighted by Gasteiger charge is -2.23. The Morgan fingerprint density at radius 3 is 2.38 bits per heavy atom. The van der Waals surface area contributed by atoms with Crippen molar-refractivity contribution in [3.8, 4) is 23.0 Å². The van der Waals surface area contributed by atoms with Crippen LogP contribution >= 0.6 is 0 Å². The topological polar surface area (TPSA) is 76.0 Å². The van der Waals surface area contributed by atoms with Crippen LogP contribution in [0.25, 0.3) is 0 Å². The number of methoxy groups -OCH3 is 1. The molecule has 0 bridgehead atoms. The molecule has 2 N–H and O–H groups in total. The van der Waals surface area contributed by atoms with E-state index in [1.165, 1.54) is 12.1 Å². The molecule has 0 unspecified atom stereocenters. The predicted molar refractivity (Wildman–Crippen MR) is 91.3 cm³/mol. The maximum atomic E-state index is 12.2. The number of ether oxygens (including phenoxy) is 2. The highest BCUT2D eigenvalue weighted by Gasteiger charge is 2.21. The second kappa shape index (κ2) is 6.83. The molecule has 2 aromatic rings. The number of carbonyl (C=O) groups excluding carboxylic acids is 1. The van der Waals surface area contributed by atoms with Crippen molar-refractivity contribution in [1.29, 1.82) is 0 Å². The molecule has 5 heteroatoms. The largest absolute Gasteiger partial charge is 0.508 e. The Morgan fingerprint density at radius 2 is 1.79 bits per heavy atom. The molecule has 0 amide bonds. The summed E-state index contributed by atoms with van der Waals surface area (Å²) in [7, 11) is 1.60. The summed E-state index contributed by atoms with van der Waals surface area (Å²) in [5.74, 6) is 0.567. The van der Waals surface area contributed by atoms with Crippen LogP contribution in [0.2, 0.25) is 0 Å². The number of Topliss-reactive ketones (excluding diaryl/α,β-unsaturated/α-hetero) is 1. The van der Waals surface area contributed by atoms with Crippen LogP contribution < -0.4 is 9.47 Å². The van der Waals surface area contributed by atoms with Crippen LogP contribution in [-0.4, -0.2) is 29.7 Å². The molecule has 2 rings (SSSR count). The fraction of sp³-hybridized carbons (Fsp3) is 0.316. The van der Waals surface area contributed by atoms with Crippen LogP contribution in [0.5, 0.6) is 23.0 Å². The molecule has 0 saturated carbocycles. The zero-order valence-corrected chi connectivity index (χ0v) is 14.3. The molecular weight excluding hydrogens is 308 g/mol. The zero-order chi connectivity index (χ0) is 17.9. The van der Waals surface area contributed by atoms with Crippen molar-refractivity contribution in [2.75, 3.05) is 13.7 Å². The van der Waals surface area contributed by atoms with E-state index in [1.807, 2.05) is 26.8 Å². The number of aromatic hydroxyl groups is 2. The first kappa shape index (κ1) is 17.7. The number of rotatable bonds is 5. The number of carbonyl (C=O) groups is 1. The van der Waals surface area contributed by atoms with E-state index in [1.54, 1.807) is 19.2 Å². The Hall–Kier alpha value is -2.69. The van der Waals surface area contributed by atoms with Gasteiger partial charge < -0.3 is 19.7 Å². The summed E-state index contributed by atoms with van der Waals surface area (Å²) < 4.78 is 10.9. The van der Waals surface area contributed by atoms with Crippen LogP contribution in [0.15, 0.2) is 36.4 Å². The minimum Gasteiger partial charge on any atom is -0.508 e. The van der Waals surface area contributed by atoms with Gasteiger partial charge in [-0.1, -0.05) is 20.8 Å². The lowest BCUT2D eigenvalue weighted by atomic mass is 9.86. The van der Waals surface area contributed by atoms with Gasteiger partial charge in [0.25, 0.3) is 0 Å². The highest BCUT2D eigenvalue weighted by molar-refractivity contribution is 5.99. The molecular formula is C19H22O5. The van der Waals surface area contributed by atoms with Gasteiger partial charge in [0.05, 0.1) is 12.7 Å². The number of phenols is 2. The summed E-state index contributed by atoms with van der Waals surface area (Å²) in [6.45, 7) is 5.92. The molecule has 0 radical (unpaired) electrons. The maximum absolute atomic E-state index is 12.2. The van der Waals surface area contributed by atoms with Gasteiger partial charge in [-0.25, -0.2) is 0 Å². The number of phenolic OH excluding ortho intramolecular Hbond substituents is 2. The van der Waals surface area contributed by atoms with Crippen LogP contribution in [0.4, 0.5) is 0 Å². The van der Waals surface area contributed by atoms with E-state index in [2.05, 4.69) is 0 Å². The smallest absolute Gasteiger partial charge is 0.203 e. The minimum absolute atomic E-state index is 0.102. The van der Waals surface area contributed by atoms with Crippen molar-refractivity contribution < 1.29 is 24.5 Å². The van der Waals surface area contributed by atoms with E-state index in [9.17, 15) is 15.0 Å². The third kappa shape index (κ3) is 3.98. The van der Waals surface area contributed by atoms with Crippen molar-refractivity contribution in [2.45, 2.75) is 26.2 Å². The fourth-order valence-corrected chi connectivity index (χ4v) is 2.32. The van der Waals surface area contributed by atoms with Crippen LogP contribution in [-0.2, 0) is 5.41 Å². The first-order valence-electron chi connectivity index (χ1n) is 7.59. The second-order valence-electron chi connectivity index (χ2n) is 6.53. The Labute approximate surface area is 141 Å². The van der Waals surface area contributed by atoms with Gasteiger partial charge in [-0.2, -0.15) is 0 Å². The fourth-order valence-electron chi connectivity index (χ4n) is 2.32. The Bertz CT molecular complexity index is 744. The number of ketones is 1. The van der Waals surface area contributed by atoms with Gasteiger partial charge in [0.1, 0.15) is 23.0 Å². The Morgan fingerprint density at radius 1 is 1.08 bits per heavy atom. The Balaban J connectivity index is 2.21. The first-order valence-corrected chi connectivity index (χ1v) is 7.59. The summed E-state index contributed by atoms with van der Waals surface area (Å²) in [6.07, 6.45) is 0. The van der Waals surface area contributed by atoms with E-state index in [0.717, 1.165) is 17.4 Å². The van der Waals surface area contributed by atoms with E-state index in [0.29, 0.717) is 5.75 Å². The molecule has 2 aromatic carbocycles. The predicted octanol–water partition coefficient (Wildman–Crippen LogP) is 3.67. The maximum Gasteiger partial charge on any atom is 0.203 e. The summed E-state index contributed by atoms with van der Waals surface area (Å²) in [6, 6.07) is 9.27. The van der Waals surface area contributed by atoms with Crippen LogP contribution in [0.3, 0.4) is 0 Å². The average Bonchev–Trinajstić information content (AvgIpc) is 2.51. The summed E-state index contributed by atoms with van der Waals surface area (Å²) >= 11 is 0. The first-order chi connectivity index (χ1) is 11.2. The molecule has 0 aromatic heterocycles. The molecule has 0 fully saturated rings. The number of benzene rings is 2. The molecule has 0 heterocycles. The monoisotopic (exact) mass is 330 g/mol. The number of hydrogen-bond donors (Lipinski definition) is 2. The lowest BCUT2D eigenvalue weighted by Crippen LogP contribution is -2.17. The van der Waals surface area contributed by atoms with Crippen molar-refractivity contribution in [1.82, 2.24) is 0 Å². The number of hydrogen-bond acceptors (Lipinski definition) is 5. The van der Waals surface area contributed by atoms with Gasteiger partial charge in [0.2, 0.25) is 5.78 Å². The van der Waals surface area contributed by atoms with Crippen molar-refractivity contribution in [3.63, 3.8) is 0 Å². The second-order valence-corrected chi connectivity index (χ2v) is 6.53. The molecule has 24 heavy (non-hydrogen) atoms. The quantitative estimate of drug-likeness (QED) is 0.818. The van der Waals surface area contributed by atoms with Gasteiger partial charge in [-0.3, -0.25) is 4.79 Å². The average molecular weight is 330 g/mol. The van der Waals surface area contributed by atoms with Crippen LogP contribution in [0.1, 0.15) is 36.7 Å². The SMILES string of the molecule is COc1ccc(OCC(=O)c2ccc(O)cc2O)c(C(C)(C)C)c1. The molecule has 0 atom stereocenters. The molecule has 0 aliphatic carbocycles. The van der Waals surface area contributed by atoms with Crippen molar-refractivity contribution in [2.24, 2.45) is 0 Å². The molecule has 0 saturated heterocycles. The summed E-state index contributed by atoms with van der Waals surface area (Å²) in [5.41, 5.74) is 0.844. The molecule has 128 valence electrons. The third-order valence-corrected chi connectivity index (χ3v) is 3.64. The standard InChI is InChI=1S/C19H22O5/c1-19(2,3)15-10-13(23-4)6-8-18(15)24-11-17(22)14-7-5-12(20)9-16(14)21/h5-10,20-21H,11H2,1-4H3. The van der Waals surface area contributed by atoms with Gasteiger partial charge in [-0.15, -0.1) is 0 Å². The van der Waals surface area contributed by atoms with Crippen molar-refractivity contribution in [3.05, 3.63) is 47.5 Å². The van der Waals surface area contributed by atoms with Crippen molar-refractivity contribution >= 4 is 5.78 Å². The van der Waals surface area contributed by atoms with Gasteiger partial charge in [0.15, 0.2) is 6.61 Å². The highest BCUT2D eigenvalue weighted by Crippen LogP contribution is 2.34. The van der Waals surface area contributed by atoms with E-state index < -0.39 is 0 Å². The highest BCUT2D eigenvalue weighted by atomic mass is 16.5. The summed E-state index contributed by atoms with van der Waals surface area (Å²) in [4.78, 5) is 12.2. The normalized spacial score (nSPS) is 11.2. The van der Waals surface area contributed by atoms with Gasteiger partial charge in [-0.05, 0) is 35.7 Å². The molecule has 5 nitrogen and oxygen atoms in total. The van der Waals surface area contributed by atoms with E-state index in [4.69, 9.17) is 9.47 Å². The summed E-state index contributed by atoms with van der Waals surface area (Å²) in [5, 5.41) is 19.0. The van der Waals surface area contributed by atoms with E-state index in [-0.39, 0.29) is 34.9 Å². The van der Waals surface area contributed by atoms with Crippen LogP contribution in [0, 0.1) is 0 Å². The molecule has 0 aliphatic heterocycles. The Kier molecular flexibility index (Phi) is 5.02. The van der Waals surface area contributed by atoms with Gasteiger partial charge in [0, 0.05) is 11.6 Å².